The lowest BCUT2D eigenvalue weighted by Gasteiger charge is -2.24. The summed E-state index contributed by atoms with van der Waals surface area (Å²) in [6, 6.07) is 0. The number of sulfone groups is 1. The van der Waals surface area contributed by atoms with Crippen molar-refractivity contribution < 1.29 is 8.42 Å². The van der Waals surface area contributed by atoms with E-state index in [-0.39, 0.29) is 0 Å². The molecule has 14 heavy (non-hydrogen) atoms. The molecule has 0 aliphatic carbocycles. The lowest BCUT2D eigenvalue weighted by Crippen LogP contribution is -2.37. The van der Waals surface area contributed by atoms with E-state index in [1.807, 2.05) is 0 Å². The van der Waals surface area contributed by atoms with Crippen molar-refractivity contribution >= 4 is 9.84 Å². The Morgan fingerprint density at radius 1 is 1.64 bits per heavy atom. The van der Waals surface area contributed by atoms with Gasteiger partial charge >= 0.3 is 0 Å². The van der Waals surface area contributed by atoms with E-state index in [0.29, 0.717) is 5.82 Å². The Morgan fingerprint density at radius 2 is 2.21 bits per heavy atom. The molecule has 5 heteroatoms. The first kappa shape index (κ1) is 10.8. The van der Waals surface area contributed by atoms with Gasteiger partial charge in [-0.1, -0.05) is 5.92 Å². The monoisotopic (exact) mass is 212 g/mol. The number of nitrogens with zero attached hydrogens (tertiary/aromatic N) is 2. The molecule has 0 N–H and O–H groups in total. The lowest BCUT2D eigenvalue weighted by atomic mass is 10.3. The molecule has 0 aromatic carbocycles. The van der Waals surface area contributed by atoms with Crippen molar-refractivity contribution in [2.45, 2.75) is 18.7 Å². The molecule has 0 amide bonds. The molecule has 1 atom stereocenters. The summed E-state index contributed by atoms with van der Waals surface area (Å²) in [4.78, 5) is 2.59. The number of aryl methyl sites for hydroxylation is 1. The van der Waals surface area contributed by atoms with Crippen molar-refractivity contribution in [3.8, 4) is 12.3 Å². The topological polar surface area (TPSA) is 52.0 Å². The van der Waals surface area contributed by atoms with Crippen LogP contribution in [-0.2, 0) is 14.7 Å². The maximum atomic E-state index is 11.5. The van der Waals surface area contributed by atoms with Crippen LogP contribution in [0.1, 0.15) is 12.7 Å². The Bertz CT molecular complexity index is 481. The maximum Gasteiger partial charge on any atom is 0.205 e. The number of imidazole rings is 1. The standard InChI is InChI=1S/C9H12N2O2S/c1-5-9(3,14(4,12)13)11-7-6-10-8(11)2/h1,6-7H,2-4H3. The van der Waals surface area contributed by atoms with E-state index in [2.05, 4.69) is 10.9 Å². The minimum absolute atomic E-state index is 0.580. The molecule has 0 aliphatic rings. The van der Waals surface area contributed by atoms with Gasteiger partial charge in [0.05, 0.1) is 0 Å². The average molecular weight is 212 g/mol. The zero-order valence-electron chi connectivity index (χ0n) is 8.35. The molecule has 4 nitrogen and oxygen atoms in total. The van der Waals surface area contributed by atoms with Gasteiger partial charge < -0.3 is 4.57 Å². The van der Waals surface area contributed by atoms with Crippen molar-refractivity contribution in [2.75, 3.05) is 6.26 Å². The fourth-order valence-electron chi connectivity index (χ4n) is 1.18. The number of hydrogen-bond acceptors (Lipinski definition) is 3. The molecule has 0 fully saturated rings. The van der Waals surface area contributed by atoms with Crippen LogP contribution in [0.15, 0.2) is 12.4 Å². The summed E-state index contributed by atoms with van der Waals surface area (Å²) in [7, 11) is -3.37. The van der Waals surface area contributed by atoms with Crippen molar-refractivity contribution in [2.24, 2.45) is 0 Å². The molecule has 1 unspecified atom stereocenters. The molecule has 0 saturated heterocycles. The highest BCUT2D eigenvalue weighted by Gasteiger charge is 2.36. The van der Waals surface area contributed by atoms with Gasteiger partial charge in [0.25, 0.3) is 0 Å². The quantitative estimate of drug-likeness (QED) is 0.672. The molecule has 1 aromatic rings. The van der Waals surface area contributed by atoms with E-state index in [9.17, 15) is 8.42 Å². The molecule has 0 radical (unpaired) electrons. The summed E-state index contributed by atoms with van der Waals surface area (Å²) in [5, 5.41) is 0. The predicted octanol–water partition coefficient (Wildman–Crippen LogP) is 0.542. The van der Waals surface area contributed by atoms with Gasteiger partial charge in [-0.3, -0.25) is 0 Å². The second-order valence-electron chi connectivity index (χ2n) is 3.24. The Morgan fingerprint density at radius 3 is 2.50 bits per heavy atom. The van der Waals surface area contributed by atoms with Crippen molar-refractivity contribution in [3.63, 3.8) is 0 Å². The third-order valence-electron chi connectivity index (χ3n) is 2.28. The summed E-state index contributed by atoms with van der Waals surface area (Å²) >= 11 is 0. The fourth-order valence-corrected chi connectivity index (χ4v) is 1.95. The van der Waals surface area contributed by atoms with Crippen LogP contribution in [0.2, 0.25) is 0 Å². The zero-order chi connectivity index (χ0) is 11.0. The van der Waals surface area contributed by atoms with Crippen LogP contribution < -0.4 is 0 Å². The van der Waals surface area contributed by atoms with E-state index in [0.717, 1.165) is 6.26 Å². The van der Waals surface area contributed by atoms with E-state index < -0.39 is 14.7 Å². The van der Waals surface area contributed by atoms with E-state index in [4.69, 9.17) is 6.42 Å². The van der Waals surface area contributed by atoms with E-state index in [1.165, 1.54) is 17.7 Å². The Kier molecular flexibility index (Phi) is 2.42. The van der Waals surface area contributed by atoms with Crippen LogP contribution in [-0.4, -0.2) is 24.2 Å². The van der Waals surface area contributed by atoms with Crippen LogP contribution >= 0.6 is 0 Å². The molecule has 0 aliphatic heterocycles. The van der Waals surface area contributed by atoms with Crippen LogP contribution in [0.5, 0.6) is 0 Å². The highest BCUT2D eigenvalue weighted by molar-refractivity contribution is 7.91. The number of rotatable bonds is 2. The van der Waals surface area contributed by atoms with Gasteiger partial charge in [0.2, 0.25) is 4.87 Å². The summed E-state index contributed by atoms with van der Waals surface area (Å²) < 4.78 is 24.6. The number of hydrogen-bond donors (Lipinski definition) is 0. The fraction of sp³-hybridized carbons (Fsp3) is 0.444. The first-order valence-electron chi connectivity index (χ1n) is 4.00. The highest BCUT2D eigenvalue weighted by atomic mass is 32.2. The summed E-state index contributed by atoms with van der Waals surface area (Å²) in [6.45, 7) is 3.19. The van der Waals surface area contributed by atoms with Gasteiger partial charge in [0.1, 0.15) is 5.82 Å². The summed E-state index contributed by atoms with van der Waals surface area (Å²) in [5.74, 6) is 2.88. The van der Waals surface area contributed by atoms with Crippen molar-refractivity contribution in [3.05, 3.63) is 18.2 Å². The van der Waals surface area contributed by atoms with Gasteiger partial charge in [0.15, 0.2) is 9.84 Å². The largest absolute Gasteiger partial charge is 0.305 e. The van der Waals surface area contributed by atoms with Gasteiger partial charge in [-0.2, -0.15) is 0 Å². The number of aromatic nitrogens is 2. The molecule has 1 aromatic heterocycles. The minimum atomic E-state index is -3.37. The highest BCUT2D eigenvalue weighted by Crippen LogP contribution is 2.22. The van der Waals surface area contributed by atoms with Gasteiger partial charge in [-0.25, -0.2) is 13.4 Å². The Balaban J connectivity index is 3.47. The SMILES string of the molecule is C#CC(C)(n1ccnc1C)S(C)(=O)=O. The molecule has 0 saturated carbocycles. The van der Waals surface area contributed by atoms with Crippen LogP contribution in [0.4, 0.5) is 0 Å². The third kappa shape index (κ3) is 1.42. The van der Waals surface area contributed by atoms with Crippen LogP contribution in [0, 0.1) is 19.3 Å². The second-order valence-corrected chi connectivity index (χ2v) is 5.58. The molecule has 0 spiro atoms. The van der Waals surface area contributed by atoms with E-state index >= 15 is 0 Å². The normalized spacial score (nSPS) is 15.9. The Hall–Kier alpha value is -1.28. The smallest absolute Gasteiger partial charge is 0.205 e. The summed E-state index contributed by atoms with van der Waals surface area (Å²) in [5.41, 5.74) is 0. The van der Waals surface area contributed by atoms with Gasteiger partial charge in [0, 0.05) is 18.6 Å². The first-order chi connectivity index (χ1) is 6.33. The van der Waals surface area contributed by atoms with Crippen molar-refractivity contribution in [1.82, 2.24) is 9.55 Å². The molecular formula is C9H12N2O2S. The number of terminal acetylenes is 1. The third-order valence-corrected chi connectivity index (χ3v) is 4.03. The van der Waals surface area contributed by atoms with Crippen LogP contribution in [0.3, 0.4) is 0 Å². The molecule has 76 valence electrons. The van der Waals surface area contributed by atoms with Crippen LogP contribution in [0.25, 0.3) is 0 Å². The second kappa shape index (κ2) is 3.14. The van der Waals surface area contributed by atoms with Crippen molar-refractivity contribution in [1.29, 1.82) is 0 Å². The summed E-state index contributed by atoms with van der Waals surface area (Å²) in [6.07, 6.45) is 9.48. The minimum Gasteiger partial charge on any atom is -0.305 e. The van der Waals surface area contributed by atoms with Gasteiger partial charge in [-0.15, -0.1) is 6.42 Å². The molecular weight excluding hydrogens is 200 g/mol. The molecule has 0 bridgehead atoms. The van der Waals surface area contributed by atoms with E-state index in [1.54, 1.807) is 13.1 Å². The Labute approximate surface area is 83.9 Å². The lowest BCUT2D eigenvalue weighted by molar-refractivity contribution is 0.512. The predicted molar refractivity (Wildman–Crippen MR) is 54.3 cm³/mol. The molecule has 1 rings (SSSR count). The maximum absolute atomic E-state index is 11.5. The van der Waals surface area contributed by atoms with Gasteiger partial charge in [-0.05, 0) is 13.8 Å². The molecule has 1 heterocycles. The zero-order valence-corrected chi connectivity index (χ0v) is 9.17. The first-order valence-corrected chi connectivity index (χ1v) is 5.90. The average Bonchev–Trinajstić information content (AvgIpc) is 2.48.